The van der Waals surface area contributed by atoms with Crippen molar-refractivity contribution in [2.24, 2.45) is 0 Å². The second-order valence-electron chi connectivity index (χ2n) is 9.75. The van der Waals surface area contributed by atoms with E-state index >= 15 is 4.39 Å². The van der Waals surface area contributed by atoms with E-state index in [1.54, 1.807) is 18.5 Å². The summed E-state index contributed by atoms with van der Waals surface area (Å²) in [5, 5.41) is 4.97. The fourth-order valence-electron chi connectivity index (χ4n) is 4.86. The van der Waals surface area contributed by atoms with Gasteiger partial charge >= 0.3 is 0 Å². The van der Waals surface area contributed by atoms with Crippen LogP contribution in [0.5, 0.6) is 0 Å². The number of hydrogen-bond donors (Lipinski definition) is 0. The lowest BCUT2D eigenvalue weighted by Crippen LogP contribution is -2.44. The first-order valence-electron chi connectivity index (χ1n) is 12.7. The molecule has 10 heteroatoms. The van der Waals surface area contributed by atoms with Crippen molar-refractivity contribution in [3.63, 3.8) is 0 Å². The Morgan fingerprint density at radius 1 is 1.05 bits per heavy atom. The molecule has 1 fully saturated rings. The number of aromatic nitrogens is 4. The molecule has 1 saturated heterocycles. The first kappa shape index (κ1) is 25.2. The zero-order valence-electron chi connectivity index (χ0n) is 21.3. The van der Waals surface area contributed by atoms with Gasteiger partial charge < -0.3 is 18.9 Å². The van der Waals surface area contributed by atoms with E-state index in [0.717, 1.165) is 24.3 Å². The molecule has 0 amide bonds. The van der Waals surface area contributed by atoms with Crippen LogP contribution in [0.4, 0.5) is 10.1 Å². The largest absolute Gasteiger partial charge is 0.367 e. The first-order valence-corrected chi connectivity index (χ1v) is 13.1. The van der Waals surface area contributed by atoms with E-state index in [1.165, 1.54) is 6.07 Å². The van der Waals surface area contributed by atoms with Crippen LogP contribution >= 0.6 is 11.6 Å². The molecule has 0 saturated carbocycles. The number of likely N-dealkylation sites (N-methyl/N-ethyl adjacent to an activating group) is 1. The molecular weight excluding hydrogens is 519 g/mol. The molecule has 2 aromatic carbocycles. The van der Waals surface area contributed by atoms with Gasteiger partial charge in [-0.3, -0.25) is 9.78 Å². The molecule has 0 atom stereocenters. The van der Waals surface area contributed by atoms with Crippen LogP contribution in [0.2, 0.25) is 5.02 Å². The van der Waals surface area contributed by atoms with Crippen molar-refractivity contribution in [2.75, 3.05) is 38.1 Å². The summed E-state index contributed by atoms with van der Waals surface area (Å²) in [4.78, 5) is 26.7. The Hall–Kier alpha value is -4.08. The number of benzene rings is 2. The second-order valence-corrected chi connectivity index (χ2v) is 10.2. The predicted octanol–water partition coefficient (Wildman–Crippen LogP) is 4.63. The van der Waals surface area contributed by atoms with E-state index < -0.39 is 5.82 Å². The SMILES string of the molecule is CN1CCN(c2cc3c(cc2F)c(=O)c(-c2noc(Cc4ccccn4)n2)cn3Cc2ccc(Cl)cc2)CC1. The first-order chi connectivity index (χ1) is 18.9. The summed E-state index contributed by atoms with van der Waals surface area (Å²) in [6.45, 7) is 3.54. The molecule has 198 valence electrons. The molecule has 0 radical (unpaired) electrons. The summed E-state index contributed by atoms with van der Waals surface area (Å²) in [5.41, 5.74) is 2.75. The lowest BCUT2D eigenvalue weighted by molar-refractivity contribution is 0.312. The molecular formula is C29H26ClFN6O2. The van der Waals surface area contributed by atoms with Crippen LogP contribution in [0.25, 0.3) is 22.3 Å². The minimum Gasteiger partial charge on any atom is -0.367 e. The molecule has 0 unspecified atom stereocenters. The molecule has 6 rings (SSSR count). The Bertz CT molecular complexity index is 1680. The number of pyridine rings is 2. The maximum absolute atomic E-state index is 15.5. The van der Waals surface area contributed by atoms with Crippen molar-refractivity contribution in [1.82, 2.24) is 24.6 Å². The molecule has 1 aliphatic rings. The van der Waals surface area contributed by atoms with Crippen molar-refractivity contribution < 1.29 is 8.91 Å². The van der Waals surface area contributed by atoms with Gasteiger partial charge in [0.1, 0.15) is 5.82 Å². The number of hydrogen-bond acceptors (Lipinski definition) is 7. The van der Waals surface area contributed by atoms with Gasteiger partial charge in [0, 0.05) is 61.2 Å². The second kappa shape index (κ2) is 10.6. The molecule has 1 aliphatic heterocycles. The Labute approximate surface area is 229 Å². The molecule has 4 heterocycles. The summed E-state index contributed by atoms with van der Waals surface area (Å²) in [7, 11) is 2.05. The Kier molecular flexibility index (Phi) is 6.85. The van der Waals surface area contributed by atoms with Gasteiger partial charge in [-0.1, -0.05) is 35.0 Å². The van der Waals surface area contributed by atoms with Crippen LogP contribution in [-0.2, 0) is 13.0 Å². The van der Waals surface area contributed by atoms with Gasteiger partial charge in [-0.15, -0.1) is 0 Å². The zero-order valence-corrected chi connectivity index (χ0v) is 22.1. The normalized spacial score (nSPS) is 14.3. The van der Waals surface area contributed by atoms with Crippen LogP contribution in [0.3, 0.4) is 0 Å². The number of anilines is 1. The quantitative estimate of drug-likeness (QED) is 0.308. The Morgan fingerprint density at radius 2 is 1.85 bits per heavy atom. The van der Waals surface area contributed by atoms with Gasteiger partial charge in [0.15, 0.2) is 0 Å². The van der Waals surface area contributed by atoms with Crippen LogP contribution < -0.4 is 10.3 Å². The summed E-state index contributed by atoms with van der Waals surface area (Å²) in [6, 6.07) is 16.2. The third-order valence-corrected chi connectivity index (χ3v) is 7.28. The molecule has 39 heavy (non-hydrogen) atoms. The topological polar surface area (TPSA) is 80.3 Å². The minimum absolute atomic E-state index is 0.154. The van der Waals surface area contributed by atoms with Gasteiger partial charge in [-0.05, 0) is 49.0 Å². The molecule has 5 aromatic rings. The number of fused-ring (bicyclic) bond motifs is 1. The fraction of sp³-hybridized carbons (Fsp3) is 0.241. The third kappa shape index (κ3) is 5.28. The van der Waals surface area contributed by atoms with Gasteiger partial charge in [0.05, 0.1) is 23.2 Å². The molecule has 0 aliphatic carbocycles. The van der Waals surface area contributed by atoms with E-state index in [2.05, 4.69) is 27.1 Å². The fourth-order valence-corrected chi connectivity index (χ4v) is 4.99. The standard InChI is InChI=1S/C29H26ClFN6O2/c1-35-10-12-36(13-11-35)26-16-25-22(15-24(26)31)28(38)23(18-37(25)17-19-5-7-20(30)8-6-19)29-33-27(39-34-29)14-21-4-2-3-9-32-21/h2-9,15-16,18H,10-14,17H2,1H3. The Morgan fingerprint density at radius 3 is 2.59 bits per heavy atom. The molecule has 0 spiro atoms. The van der Waals surface area contributed by atoms with Crippen molar-refractivity contribution in [2.45, 2.75) is 13.0 Å². The van der Waals surface area contributed by atoms with Crippen LogP contribution in [0, 0.1) is 5.82 Å². The monoisotopic (exact) mass is 544 g/mol. The van der Waals surface area contributed by atoms with Crippen LogP contribution in [0.15, 0.2) is 76.3 Å². The Balaban J connectivity index is 1.45. The molecule has 3 aromatic heterocycles. The van der Waals surface area contributed by atoms with E-state index in [0.29, 0.717) is 48.2 Å². The summed E-state index contributed by atoms with van der Waals surface area (Å²) < 4.78 is 22.9. The van der Waals surface area contributed by atoms with E-state index in [9.17, 15) is 4.79 Å². The molecule has 8 nitrogen and oxygen atoms in total. The maximum atomic E-state index is 15.5. The minimum atomic E-state index is -0.428. The molecule has 0 bridgehead atoms. The third-order valence-electron chi connectivity index (χ3n) is 7.03. The highest BCUT2D eigenvalue weighted by Crippen LogP contribution is 2.28. The highest BCUT2D eigenvalue weighted by molar-refractivity contribution is 6.30. The highest BCUT2D eigenvalue weighted by atomic mass is 35.5. The van der Waals surface area contributed by atoms with E-state index in [4.69, 9.17) is 16.1 Å². The van der Waals surface area contributed by atoms with Crippen LogP contribution in [-0.4, -0.2) is 57.8 Å². The van der Waals surface area contributed by atoms with E-state index in [-0.39, 0.29) is 22.2 Å². The lowest BCUT2D eigenvalue weighted by Gasteiger charge is -2.34. The predicted molar refractivity (Wildman–Crippen MR) is 149 cm³/mol. The number of nitrogens with zero attached hydrogens (tertiary/aromatic N) is 6. The summed E-state index contributed by atoms with van der Waals surface area (Å²) >= 11 is 6.10. The smallest absolute Gasteiger partial charge is 0.232 e. The number of rotatable bonds is 6. The van der Waals surface area contributed by atoms with Gasteiger partial charge in [0.2, 0.25) is 17.1 Å². The average molecular weight is 545 g/mol. The maximum Gasteiger partial charge on any atom is 0.232 e. The zero-order chi connectivity index (χ0) is 26.9. The molecule has 0 N–H and O–H groups in total. The lowest BCUT2D eigenvalue weighted by atomic mass is 10.1. The van der Waals surface area contributed by atoms with Gasteiger partial charge in [0.25, 0.3) is 0 Å². The van der Waals surface area contributed by atoms with Crippen molar-refractivity contribution in [1.29, 1.82) is 0 Å². The van der Waals surface area contributed by atoms with E-state index in [1.807, 2.05) is 51.9 Å². The van der Waals surface area contributed by atoms with Gasteiger partial charge in [-0.25, -0.2) is 4.39 Å². The number of halogens is 2. The summed E-state index contributed by atoms with van der Waals surface area (Å²) in [6.07, 6.45) is 3.75. The average Bonchev–Trinajstić information content (AvgIpc) is 3.40. The van der Waals surface area contributed by atoms with Crippen LogP contribution in [0.1, 0.15) is 17.1 Å². The van der Waals surface area contributed by atoms with Crippen molar-refractivity contribution in [3.8, 4) is 11.4 Å². The highest BCUT2D eigenvalue weighted by Gasteiger charge is 2.22. The van der Waals surface area contributed by atoms with Crippen molar-refractivity contribution >= 4 is 28.2 Å². The van der Waals surface area contributed by atoms with Gasteiger partial charge in [-0.2, -0.15) is 4.98 Å². The number of piperazine rings is 1. The van der Waals surface area contributed by atoms with Crippen molar-refractivity contribution in [3.05, 3.63) is 105 Å². The summed E-state index contributed by atoms with van der Waals surface area (Å²) in [5.74, 6) is 0.0635.